The fraction of sp³-hybridized carbons (Fsp3) is 0.143. The number of nitrogens with one attached hydrogen (secondary N) is 1. The van der Waals surface area contributed by atoms with Crippen LogP contribution in [-0.4, -0.2) is 0 Å². The van der Waals surface area contributed by atoms with E-state index in [4.69, 9.17) is 0 Å². The number of hydrogen-bond acceptors (Lipinski definition) is 2. The maximum absolute atomic E-state index is 4.32. The molecule has 0 radical (unpaired) electrons. The van der Waals surface area contributed by atoms with Crippen molar-refractivity contribution >= 4 is 24.0 Å². The van der Waals surface area contributed by atoms with Gasteiger partial charge in [-0.3, -0.25) is 0 Å². The molecule has 0 aromatic heterocycles. The van der Waals surface area contributed by atoms with Gasteiger partial charge in [0.2, 0.25) is 0 Å². The van der Waals surface area contributed by atoms with Gasteiger partial charge in [-0.05, 0) is 30.7 Å². The largest absolute Gasteiger partial charge is 0.355 e. The van der Waals surface area contributed by atoms with Crippen LogP contribution in [0.1, 0.15) is 11.1 Å². The van der Waals surface area contributed by atoms with Crippen molar-refractivity contribution in [3.8, 4) is 0 Å². The summed E-state index contributed by atoms with van der Waals surface area (Å²) in [6.07, 6.45) is 0. The number of anilines is 2. The van der Waals surface area contributed by atoms with Crippen molar-refractivity contribution < 1.29 is 0 Å². The molecule has 0 atom stereocenters. The third kappa shape index (κ3) is 2.58. The highest BCUT2D eigenvalue weighted by Crippen LogP contribution is 2.22. The predicted molar refractivity (Wildman–Crippen MR) is 73.6 cm³/mol. The van der Waals surface area contributed by atoms with E-state index < -0.39 is 0 Å². The van der Waals surface area contributed by atoms with Gasteiger partial charge in [0.05, 0.1) is 0 Å². The van der Waals surface area contributed by atoms with Gasteiger partial charge in [-0.25, -0.2) is 0 Å². The van der Waals surface area contributed by atoms with E-state index in [1.54, 1.807) is 0 Å². The second kappa shape index (κ2) is 5.08. The molecular weight excluding hydrogens is 214 g/mol. The van der Waals surface area contributed by atoms with E-state index in [0.29, 0.717) is 0 Å². The second-order valence-electron chi connectivity index (χ2n) is 3.81. The first-order valence-corrected chi connectivity index (χ1v) is 5.95. The fourth-order valence-corrected chi connectivity index (χ4v) is 1.85. The zero-order valence-corrected chi connectivity index (χ0v) is 10.2. The van der Waals surface area contributed by atoms with Crippen LogP contribution in [0.3, 0.4) is 0 Å². The third-order valence-electron chi connectivity index (χ3n) is 2.52. The maximum Gasteiger partial charge on any atom is 0.0425 e. The zero-order valence-electron chi connectivity index (χ0n) is 9.27. The summed E-state index contributed by atoms with van der Waals surface area (Å²) >= 11 is 4.32. The van der Waals surface area contributed by atoms with Crippen molar-refractivity contribution in [2.24, 2.45) is 0 Å². The van der Waals surface area contributed by atoms with Crippen molar-refractivity contribution in [3.05, 3.63) is 59.7 Å². The molecule has 0 fully saturated rings. The Balaban J connectivity index is 2.23. The zero-order chi connectivity index (χ0) is 11.4. The van der Waals surface area contributed by atoms with Gasteiger partial charge < -0.3 is 5.32 Å². The summed E-state index contributed by atoms with van der Waals surface area (Å²) in [6, 6.07) is 16.6. The lowest BCUT2D eigenvalue weighted by Crippen LogP contribution is -1.94. The Labute approximate surface area is 102 Å². The summed E-state index contributed by atoms with van der Waals surface area (Å²) < 4.78 is 0. The van der Waals surface area contributed by atoms with Gasteiger partial charge in [0.15, 0.2) is 0 Å². The Bertz CT molecular complexity index is 462. The molecule has 2 rings (SSSR count). The van der Waals surface area contributed by atoms with Gasteiger partial charge in [-0.15, -0.1) is 0 Å². The average Bonchev–Trinajstić information content (AvgIpc) is 2.33. The second-order valence-corrected chi connectivity index (χ2v) is 4.12. The van der Waals surface area contributed by atoms with Crippen LogP contribution in [0, 0.1) is 6.92 Å². The van der Waals surface area contributed by atoms with Gasteiger partial charge in [0.1, 0.15) is 0 Å². The van der Waals surface area contributed by atoms with Crippen molar-refractivity contribution in [2.45, 2.75) is 12.7 Å². The summed E-state index contributed by atoms with van der Waals surface area (Å²) in [5.41, 5.74) is 4.72. The van der Waals surface area contributed by atoms with Gasteiger partial charge in [-0.1, -0.05) is 35.9 Å². The van der Waals surface area contributed by atoms with Crippen LogP contribution >= 0.6 is 12.6 Å². The first-order chi connectivity index (χ1) is 7.79. The number of hydrogen-bond donors (Lipinski definition) is 2. The van der Waals surface area contributed by atoms with Crippen LogP contribution in [-0.2, 0) is 5.75 Å². The lowest BCUT2D eigenvalue weighted by Gasteiger charge is -2.10. The molecule has 1 N–H and O–H groups in total. The topological polar surface area (TPSA) is 12.0 Å². The Morgan fingerprint density at radius 1 is 1.00 bits per heavy atom. The lowest BCUT2D eigenvalue weighted by atomic mass is 10.2. The lowest BCUT2D eigenvalue weighted by molar-refractivity contribution is 1.39. The molecule has 0 bridgehead atoms. The molecule has 0 aliphatic carbocycles. The van der Waals surface area contributed by atoms with Crippen LogP contribution < -0.4 is 5.32 Å². The monoisotopic (exact) mass is 229 g/mol. The highest BCUT2D eigenvalue weighted by Gasteiger charge is 1.99. The van der Waals surface area contributed by atoms with E-state index in [0.717, 1.165) is 17.1 Å². The average molecular weight is 229 g/mol. The molecule has 0 spiro atoms. The fourth-order valence-electron chi connectivity index (χ4n) is 1.57. The summed E-state index contributed by atoms with van der Waals surface area (Å²) in [4.78, 5) is 0. The van der Waals surface area contributed by atoms with Gasteiger partial charge in [-0.2, -0.15) is 12.6 Å². The van der Waals surface area contributed by atoms with Gasteiger partial charge in [0, 0.05) is 17.1 Å². The van der Waals surface area contributed by atoms with Crippen LogP contribution in [0.5, 0.6) is 0 Å². The molecule has 0 saturated heterocycles. The number of para-hydroxylation sites is 1. The predicted octanol–water partition coefficient (Wildman–Crippen LogP) is 4.17. The minimum absolute atomic E-state index is 0.745. The minimum atomic E-state index is 0.745. The molecular formula is C14H15NS. The molecule has 0 aliphatic heterocycles. The quantitative estimate of drug-likeness (QED) is 0.753. The highest BCUT2D eigenvalue weighted by molar-refractivity contribution is 7.79. The van der Waals surface area contributed by atoms with E-state index in [2.05, 4.69) is 61.3 Å². The SMILES string of the molecule is Cc1ccc(Nc2ccccc2CS)cc1. The van der Waals surface area contributed by atoms with Crippen molar-refractivity contribution in [3.63, 3.8) is 0 Å². The van der Waals surface area contributed by atoms with Crippen LogP contribution in [0.4, 0.5) is 11.4 Å². The first kappa shape index (κ1) is 11.1. The Kier molecular flexibility index (Phi) is 3.52. The van der Waals surface area contributed by atoms with E-state index in [9.17, 15) is 0 Å². The Hall–Kier alpha value is -1.41. The smallest absolute Gasteiger partial charge is 0.0425 e. The molecule has 2 aromatic rings. The standard InChI is InChI=1S/C14H15NS/c1-11-6-8-13(9-7-11)15-14-5-3-2-4-12(14)10-16/h2-9,15-16H,10H2,1H3. The molecule has 0 unspecified atom stereocenters. The number of benzene rings is 2. The normalized spacial score (nSPS) is 10.1. The first-order valence-electron chi connectivity index (χ1n) is 5.32. The maximum atomic E-state index is 4.32. The molecule has 0 heterocycles. The molecule has 2 aromatic carbocycles. The summed E-state index contributed by atoms with van der Waals surface area (Å²) in [7, 11) is 0. The number of aryl methyl sites for hydroxylation is 1. The van der Waals surface area contributed by atoms with Crippen molar-refractivity contribution in [1.82, 2.24) is 0 Å². The molecule has 0 amide bonds. The summed E-state index contributed by atoms with van der Waals surface area (Å²) in [6.45, 7) is 2.09. The van der Waals surface area contributed by atoms with Crippen LogP contribution in [0.15, 0.2) is 48.5 Å². The van der Waals surface area contributed by atoms with Crippen molar-refractivity contribution in [1.29, 1.82) is 0 Å². The Morgan fingerprint density at radius 2 is 1.69 bits per heavy atom. The highest BCUT2D eigenvalue weighted by atomic mass is 32.1. The molecule has 0 saturated carbocycles. The van der Waals surface area contributed by atoms with E-state index >= 15 is 0 Å². The van der Waals surface area contributed by atoms with E-state index in [-0.39, 0.29) is 0 Å². The molecule has 1 nitrogen and oxygen atoms in total. The third-order valence-corrected chi connectivity index (χ3v) is 2.86. The number of rotatable bonds is 3. The summed E-state index contributed by atoms with van der Waals surface area (Å²) in [5, 5.41) is 3.40. The number of thiol groups is 1. The minimum Gasteiger partial charge on any atom is -0.355 e. The molecule has 82 valence electrons. The van der Waals surface area contributed by atoms with Crippen LogP contribution in [0.2, 0.25) is 0 Å². The Morgan fingerprint density at radius 3 is 2.38 bits per heavy atom. The summed E-state index contributed by atoms with van der Waals surface area (Å²) in [5.74, 6) is 0.745. The van der Waals surface area contributed by atoms with Gasteiger partial charge >= 0.3 is 0 Å². The molecule has 0 aliphatic rings. The molecule has 2 heteroatoms. The van der Waals surface area contributed by atoms with E-state index in [1.807, 2.05) is 12.1 Å². The molecule has 16 heavy (non-hydrogen) atoms. The van der Waals surface area contributed by atoms with Gasteiger partial charge in [0.25, 0.3) is 0 Å². The van der Waals surface area contributed by atoms with Crippen molar-refractivity contribution in [2.75, 3.05) is 5.32 Å². The van der Waals surface area contributed by atoms with Crippen LogP contribution in [0.25, 0.3) is 0 Å². The van der Waals surface area contributed by atoms with E-state index in [1.165, 1.54) is 11.1 Å².